The van der Waals surface area contributed by atoms with Gasteiger partial charge in [0.25, 0.3) is 5.91 Å². The van der Waals surface area contributed by atoms with Gasteiger partial charge in [-0.1, -0.05) is 19.3 Å². The van der Waals surface area contributed by atoms with Gasteiger partial charge in [0, 0.05) is 24.0 Å². The number of carbonyl (C=O) groups excluding carboxylic acids is 1. The topological polar surface area (TPSA) is 20.3 Å². The molecule has 0 radical (unpaired) electrons. The standard InChI is InChI=1S/C16H21ClFNO/c1-12-11-13(18)7-8-15(12)16(20)19(10-9-17)14-5-3-2-4-6-14/h7-8,11,14H,2-6,9-10H2,1H3. The molecular weight excluding hydrogens is 277 g/mol. The van der Waals surface area contributed by atoms with Crippen molar-refractivity contribution in [1.29, 1.82) is 0 Å². The van der Waals surface area contributed by atoms with E-state index in [1.807, 2.05) is 4.90 Å². The summed E-state index contributed by atoms with van der Waals surface area (Å²) in [5, 5.41) is 0. The monoisotopic (exact) mass is 297 g/mol. The molecule has 2 nitrogen and oxygen atoms in total. The van der Waals surface area contributed by atoms with Crippen LogP contribution in [0.3, 0.4) is 0 Å². The minimum absolute atomic E-state index is 0.0185. The van der Waals surface area contributed by atoms with E-state index in [-0.39, 0.29) is 17.8 Å². The Balaban J connectivity index is 2.21. The van der Waals surface area contributed by atoms with Crippen LogP contribution in [-0.2, 0) is 0 Å². The van der Waals surface area contributed by atoms with E-state index in [1.165, 1.54) is 31.4 Å². The third-order valence-corrected chi connectivity index (χ3v) is 4.19. The summed E-state index contributed by atoms with van der Waals surface area (Å²) in [6.45, 7) is 2.33. The first-order chi connectivity index (χ1) is 9.63. The highest BCUT2D eigenvalue weighted by molar-refractivity contribution is 6.18. The summed E-state index contributed by atoms with van der Waals surface area (Å²) in [4.78, 5) is 14.6. The maximum Gasteiger partial charge on any atom is 0.254 e. The summed E-state index contributed by atoms with van der Waals surface area (Å²) in [7, 11) is 0. The number of carbonyl (C=O) groups is 1. The molecule has 1 aliphatic carbocycles. The van der Waals surface area contributed by atoms with Crippen molar-refractivity contribution in [3.8, 4) is 0 Å². The molecule has 0 heterocycles. The molecule has 1 aromatic carbocycles. The van der Waals surface area contributed by atoms with Gasteiger partial charge in [-0.05, 0) is 43.5 Å². The van der Waals surface area contributed by atoms with Crippen LogP contribution in [0.4, 0.5) is 4.39 Å². The van der Waals surface area contributed by atoms with Crippen LogP contribution in [0, 0.1) is 12.7 Å². The zero-order valence-electron chi connectivity index (χ0n) is 11.9. The van der Waals surface area contributed by atoms with E-state index < -0.39 is 0 Å². The Hall–Kier alpha value is -1.09. The maximum atomic E-state index is 13.2. The van der Waals surface area contributed by atoms with Gasteiger partial charge in [0.2, 0.25) is 0 Å². The lowest BCUT2D eigenvalue weighted by molar-refractivity contribution is 0.0649. The van der Waals surface area contributed by atoms with E-state index in [2.05, 4.69) is 0 Å². The minimum atomic E-state index is -0.305. The van der Waals surface area contributed by atoms with Crippen molar-refractivity contribution in [1.82, 2.24) is 4.90 Å². The van der Waals surface area contributed by atoms with Gasteiger partial charge < -0.3 is 4.90 Å². The second-order valence-corrected chi connectivity index (χ2v) is 5.82. The van der Waals surface area contributed by atoms with Crippen molar-refractivity contribution in [3.63, 3.8) is 0 Å². The van der Waals surface area contributed by atoms with Gasteiger partial charge in [0.05, 0.1) is 0 Å². The summed E-state index contributed by atoms with van der Waals surface area (Å²) < 4.78 is 13.2. The lowest BCUT2D eigenvalue weighted by Gasteiger charge is -2.34. The van der Waals surface area contributed by atoms with E-state index in [1.54, 1.807) is 13.0 Å². The number of aryl methyl sites for hydroxylation is 1. The van der Waals surface area contributed by atoms with Crippen LogP contribution in [0.1, 0.15) is 48.0 Å². The molecular formula is C16H21ClFNO. The van der Waals surface area contributed by atoms with Gasteiger partial charge in [-0.25, -0.2) is 4.39 Å². The molecule has 20 heavy (non-hydrogen) atoms. The fourth-order valence-corrected chi connectivity index (χ4v) is 3.14. The lowest BCUT2D eigenvalue weighted by atomic mass is 9.93. The number of alkyl halides is 1. The first-order valence-electron chi connectivity index (χ1n) is 7.26. The maximum absolute atomic E-state index is 13.2. The average molecular weight is 298 g/mol. The number of halogens is 2. The van der Waals surface area contributed by atoms with Crippen LogP contribution in [0.15, 0.2) is 18.2 Å². The van der Waals surface area contributed by atoms with Crippen LogP contribution in [-0.4, -0.2) is 29.3 Å². The second-order valence-electron chi connectivity index (χ2n) is 5.44. The molecule has 4 heteroatoms. The van der Waals surface area contributed by atoms with Crippen molar-refractivity contribution in [2.75, 3.05) is 12.4 Å². The van der Waals surface area contributed by atoms with Crippen molar-refractivity contribution in [2.45, 2.75) is 45.1 Å². The van der Waals surface area contributed by atoms with Gasteiger partial charge in [0.15, 0.2) is 0 Å². The normalized spacial score (nSPS) is 16.1. The molecule has 1 aliphatic rings. The molecule has 1 saturated carbocycles. The number of rotatable bonds is 4. The van der Waals surface area contributed by atoms with Crippen LogP contribution in [0.25, 0.3) is 0 Å². The zero-order chi connectivity index (χ0) is 14.5. The van der Waals surface area contributed by atoms with Gasteiger partial charge >= 0.3 is 0 Å². The van der Waals surface area contributed by atoms with Crippen molar-refractivity contribution in [3.05, 3.63) is 35.1 Å². The second kappa shape index (κ2) is 7.07. The van der Waals surface area contributed by atoms with E-state index in [0.29, 0.717) is 23.6 Å². The van der Waals surface area contributed by atoms with Gasteiger partial charge in [-0.2, -0.15) is 0 Å². The first kappa shape index (κ1) is 15.3. The Morgan fingerprint density at radius 2 is 2.05 bits per heavy atom. The van der Waals surface area contributed by atoms with Crippen LogP contribution in [0.5, 0.6) is 0 Å². The fourth-order valence-electron chi connectivity index (χ4n) is 2.96. The number of amides is 1. The Morgan fingerprint density at radius 1 is 1.35 bits per heavy atom. The molecule has 2 rings (SSSR count). The van der Waals surface area contributed by atoms with Gasteiger partial charge in [-0.15, -0.1) is 11.6 Å². The molecule has 1 aromatic rings. The first-order valence-corrected chi connectivity index (χ1v) is 7.80. The smallest absolute Gasteiger partial charge is 0.254 e. The highest BCUT2D eigenvalue weighted by atomic mass is 35.5. The Kier molecular flexibility index (Phi) is 5.41. The van der Waals surface area contributed by atoms with Crippen LogP contribution >= 0.6 is 11.6 Å². The van der Waals surface area contributed by atoms with Crippen molar-refractivity contribution in [2.24, 2.45) is 0 Å². The molecule has 0 unspecified atom stereocenters. The number of nitrogens with zero attached hydrogens (tertiary/aromatic N) is 1. The minimum Gasteiger partial charge on any atom is -0.334 e. The lowest BCUT2D eigenvalue weighted by Crippen LogP contribution is -2.42. The van der Waals surface area contributed by atoms with Crippen molar-refractivity contribution < 1.29 is 9.18 Å². The van der Waals surface area contributed by atoms with Gasteiger partial charge in [0.1, 0.15) is 5.82 Å². The Morgan fingerprint density at radius 3 is 2.65 bits per heavy atom. The summed E-state index contributed by atoms with van der Waals surface area (Å²) >= 11 is 5.86. The largest absolute Gasteiger partial charge is 0.334 e. The molecule has 1 amide bonds. The predicted molar refractivity (Wildman–Crippen MR) is 79.8 cm³/mol. The fraction of sp³-hybridized carbons (Fsp3) is 0.562. The molecule has 0 aromatic heterocycles. The molecule has 0 saturated heterocycles. The zero-order valence-corrected chi connectivity index (χ0v) is 12.6. The summed E-state index contributed by atoms with van der Waals surface area (Å²) in [6, 6.07) is 4.61. The van der Waals surface area contributed by atoms with E-state index >= 15 is 0 Å². The quantitative estimate of drug-likeness (QED) is 0.765. The van der Waals surface area contributed by atoms with Gasteiger partial charge in [-0.3, -0.25) is 4.79 Å². The Bertz CT molecular complexity index is 472. The Labute approximate surface area is 124 Å². The number of hydrogen-bond donors (Lipinski definition) is 0. The van der Waals surface area contributed by atoms with E-state index in [9.17, 15) is 9.18 Å². The van der Waals surface area contributed by atoms with Crippen LogP contribution in [0.2, 0.25) is 0 Å². The summed E-state index contributed by atoms with van der Waals surface area (Å²) in [5.41, 5.74) is 1.27. The number of benzene rings is 1. The van der Waals surface area contributed by atoms with E-state index in [0.717, 1.165) is 12.8 Å². The number of hydrogen-bond acceptors (Lipinski definition) is 1. The summed E-state index contributed by atoms with van der Waals surface area (Å²) in [5.74, 6) is 0.110. The summed E-state index contributed by atoms with van der Waals surface area (Å²) in [6.07, 6.45) is 5.67. The highest BCUT2D eigenvalue weighted by Gasteiger charge is 2.26. The average Bonchev–Trinajstić information content (AvgIpc) is 2.45. The molecule has 0 bridgehead atoms. The third kappa shape index (κ3) is 3.51. The predicted octanol–water partition coefficient (Wildman–Crippen LogP) is 4.15. The highest BCUT2D eigenvalue weighted by Crippen LogP contribution is 2.25. The van der Waals surface area contributed by atoms with Crippen LogP contribution < -0.4 is 0 Å². The molecule has 0 N–H and O–H groups in total. The SMILES string of the molecule is Cc1cc(F)ccc1C(=O)N(CCCl)C1CCCCC1. The third-order valence-electron chi connectivity index (χ3n) is 4.02. The molecule has 0 spiro atoms. The molecule has 0 aliphatic heterocycles. The van der Waals surface area contributed by atoms with E-state index in [4.69, 9.17) is 11.6 Å². The molecule has 0 atom stereocenters. The molecule has 1 fully saturated rings. The van der Waals surface area contributed by atoms with Crippen molar-refractivity contribution >= 4 is 17.5 Å². The molecule has 110 valence electrons.